The van der Waals surface area contributed by atoms with Crippen LogP contribution in [0.15, 0.2) is 41.6 Å². The Balaban J connectivity index is 1.76. The number of aromatic nitrogens is 3. The highest BCUT2D eigenvalue weighted by molar-refractivity contribution is 7.18. The number of hydrogen-bond acceptors (Lipinski definition) is 4. The maximum atomic E-state index is 12.7. The highest BCUT2D eigenvalue weighted by Gasteiger charge is 2.16. The number of H-pyrrole nitrogens is 1. The molecule has 1 N–H and O–H groups in total. The number of para-hydroxylation sites is 1. The standard InChI is InChI=1S/C18H15N3O2S/c1-10-11(2)24-17-16(10)18(23)21(9-20-17)8-15(22)13-7-19-14-6-4-3-5-12(13)14/h3-7,9,19H,8H2,1-2H3. The van der Waals surface area contributed by atoms with Crippen molar-refractivity contribution in [2.45, 2.75) is 20.4 Å². The zero-order valence-electron chi connectivity index (χ0n) is 13.3. The molecule has 4 aromatic rings. The Hall–Kier alpha value is -2.73. The van der Waals surface area contributed by atoms with Crippen LogP contribution in [-0.4, -0.2) is 20.3 Å². The fourth-order valence-corrected chi connectivity index (χ4v) is 3.91. The molecule has 6 heteroatoms. The minimum atomic E-state index is -0.157. The van der Waals surface area contributed by atoms with E-state index in [-0.39, 0.29) is 17.9 Å². The highest BCUT2D eigenvalue weighted by Crippen LogP contribution is 2.25. The van der Waals surface area contributed by atoms with Gasteiger partial charge in [0, 0.05) is 27.5 Å². The number of thiophene rings is 1. The lowest BCUT2D eigenvalue weighted by atomic mass is 10.1. The Kier molecular flexibility index (Phi) is 3.35. The Bertz CT molecular complexity index is 1150. The smallest absolute Gasteiger partial charge is 0.262 e. The molecule has 0 spiro atoms. The minimum absolute atomic E-state index is 0.0159. The largest absolute Gasteiger partial charge is 0.360 e. The molecule has 1 aromatic carbocycles. The summed E-state index contributed by atoms with van der Waals surface area (Å²) in [6, 6.07) is 7.63. The van der Waals surface area contributed by atoms with E-state index in [9.17, 15) is 9.59 Å². The van der Waals surface area contributed by atoms with Crippen LogP contribution < -0.4 is 5.56 Å². The molecule has 0 saturated heterocycles. The fraction of sp³-hybridized carbons (Fsp3) is 0.167. The monoisotopic (exact) mass is 337 g/mol. The second kappa shape index (κ2) is 5.42. The third-order valence-electron chi connectivity index (χ3n) is 4.36. The van der Waals surface area contributed by atoms with Crippen molar-refractivity contribution in [3.05, 3.63) is 63.1 Å². The van der Waals surface area contributed by atoms with Crippen LogP contribution >= 0.6 is 11.3 Å². The lowest BCUT2D eigenvalue weighted by Gasteiger charge is -2.04. The first-order valence-corrected chi connectivity index (χ1v) is 8.42. The summed E-state index contributed by atoms with van der Waals surface area (Å²) in [5.41, 5.74) is 2.29. The number of nitrogens with one attached hydrogen (secondary N) is 1. The van der Waals surface area contributed by atoms with Crippen molar-refractivity contribution in [2.24, 2.45) is 0 Å². The van der Waals surface area contributed by atoms with Crippen molar-refractivity contribution in [3.63, 3.8) is 0 Å². The van der Waals surface area contributed by atoms with Crippen molar-refractivity contribution >= 4 is 38.2 Å². The van der Waals surface area contributed by atoms with Crippen LogP contribution in [0.2, 0.25) is 0 Å². The molecule has 0 unspecified atom stereocenters. The van der Waals surface area contributed by atoms with E-state index in [1.807, 2.05) is 38.1 Å². The zero-order chi connectivity index (χ0) is 16.8. The van der Waals surface area contributed by atoms with Gasteiger partial charge in [0.2, 0.25) is 0 Å². The quantitative estimate of drug-likeness (QED) is 0.582. The summed E-state index contributed by atoms with van der Waals surface area (Å²) in [4.78, 5) is 34.6. The van der Waals surface area contributed by atoms with Crippen LogP contribution in [0.1, 0.15) is 20.8 Å². The SMILES string of the molecule is Cc1sc2ncn(CC(=O)c3c[nH]c4ccccc34)c(=O)c2c1C. The van der Waals surface area contributed by atoms with Gasteiger partial charge in [-0.25, -0.2) is 4.98 Å². The van der Waals surface area contributed by atoms with Gasteiger partial charge in [0.25, 0.3) is 5.56 Å². The molecular formula is C18H15N3O2S. The van der Waals surface area contributed by atoms with Gasteiger partial charge in [-0.15, -0.1) is 11.3 Å². The topological polar surface area (TPSA) is 67.8 Å². The van der Waals surface area contributed by atoms with Gasteiger partial charge in [-0.1, -0.05) is 18.2 Å². The molecule has 0 bridgehead atoms. The molecule has 5 nitrogen and oxygen atoms in total. The van der Waals surface area contributed by atoms with Gasteiger partial charge in [-0.3, -0.25) is 14.2 Å². The summed E-state index contributed by atoms with van der Waals surface area (Å²) < 4.78 is 1.39. The van der Waals surface area contributed by atoms with E-state index in [0.29, 0.717) is 10.9 Å². The van der Waals surface area contributed by atoms with E-state index in [2.05, 4.69) is 9.97 Å². The number of carbonyl (C=O) groups excluding carboxylic acids is 1. The third-order valence-corrected chi connectivity index (χ3v) is 5.47. The molecule has 0 amide bonds. The molecule has 3 aromatic heterocycles. The van der Waals surface area contributed by atoms with Crippen molar-refractivity contribution in [1.82, 2.24) is 14.5 Å². The van der Waals surface area contributed by atoms with E-state index < -0.39 is 0 Å². The lowest BCUT2D eigenvalue weighted by Crippen LogP contribution is -2.24. The number of fused-ring (bicyclic) bond motifs is 2. The van der Waals surface area contributed by atoms with Gasteiger partial charge in [-0.2, -0.15) is 0 Å². The number of ketones is 1. The second-order valence-electron chi connectivity index (χ2n) is 5.81. The van der Waals surface area contributed by atoms with E-state index >= 15 is 0 Å². The average molecular weight is 337 g/mol. The second-order valence-corrected chi connectivity index (χ2v) is 7.02. The number of aryl methyl sites for hydroxylation is 2. The molecule has 24 heavy (non-hydrogen) atoms. The first kappa shape index (κ1) is 14.8. The first-order chi connectivity index (χ1) is 11.6. The van der Waals surface area contributed by atoms with E-state index in [1.54, 1.807) is 6.20 Å². The van der Waals surface area contributed by atoms with Crippen molar-refractivity contribution in [3.8, 4) is 0 Å². The number of hydrogen-bond donors (Lipinski definition) is 1. The molecule has 120 valence electrons. The number of aromatic amines is 1. The van der Waals surface area contributed by atoms with Gasteiger partial charge in [0.1, 0.15) is 4.83 Å². The van der Waals surface area contributed by atoms with Crippen LogP contribution in [0, 0.1) is 13.8 Å². The molecule has 0 fully saturated rings. The maximum absolute atomic E-state index is 12.7. The maximum Gasteiger partial charge on any atom is 0.262 e. The normalized spacial score (nSPS) is 11.4. The minimum Gasteiger partial charge on any atom is -0.360 e. The summed E-state index contributed by atoms with van der Waals surface area (Å²) in [5, 5.41) is 1.49. The number of benzene rings is 1. The van der Waals surface area contributed by atoms with Crippen molar-refractivity contribution in [2.75, 3.05) is 0 Å². The summed E-state index contributed by atoms with van der Waals surface area (Å²) in [7, 11) is 0. The summed E-state index contributed by atoms with van der Waals surface area (Å²) in [6.45, 7) is 3.88. The average Bonchev–Trinajstić information content (AvgIpc) is 3.12. The number of rotatable bonds is 3. The van der Waals surface area contributed by atoms with Crippen molar-refractivity contribution in [1.29, 1.82) is 0 Å². The van der Waals surface area contributed by atoms with E-state index in [0.717, 1.165) is 26.2 Å². The molecule has 4 rings (SSSR count). The molecule has 0 atom stereocenters. The fourth-order valence-electron chi connectivity index (χ4n) is 2.92. The van der Waals surface area contributed by atoms with Crippen LogP contribution in [0.4, 0.5) is 0 Å². The van der Waals surface area contributed by atoms with E-state index in [4.69, 9.17) is 0 Å². The van der Waals surface area contributed by atoms with Crippen LogP contribution in [0.3, 0.4) is 0 Å². The van der Waals surface area contributed by atoms with Gasteiger partial charge < -0.3 is 4.98 Å². The highest BCUT2D eigenvalue weighted by atomic mass is 32.1. The van der Waals surface area contributed by atoms with Gasteiger partial charge in [-0.05, 0) is 25.5 Å². The lowest BCUT2D eigenvalue weighted by molar-refractivity contribution is 0.0972. The number of nitrogens with zero attached hydrogens (tertiary/aromatic N) is 2. The van der Waals surface area contributed by atoms with Gasteiger partial charge in [0.15, 0.2) is 5.78 Å². The third kappa shape index (κ3) is 2.18. The Morgan fingerprint density at radius 1 is 1.29 bits per heavy atom. The van der Waals surface area contributed by atoms with Crippen LogP contribution in [-0.2, 0) is 6.54 Å². The van der Waals surface area contributed by atoms with Crippen LogP contribution in [0.5, 0.6) is 0 Å². The summed E-state index contributed by atoms with van der Waals surface area (Å²) in [5.74, 6) is -0.111. The number of Topliss-reactive ketones (excluding diaryl/α,β-unsaturated/α-hetero) is 1. The summed E-state index contributed by atoms with van der Waals surface area (Å²) >= 11 is 1.51. The van der Waals surface area contributed by atoms with Crippen molar-refractivity contribution < 1.29 is 4.79 Å². The first-order valence-electron chi connectivity index (χ1n) is 7.60. The van der Waals surface area contributed by atoms with E-state index in [1.165, 1.54) is 22.2 Å². The molecular weight excluding hydrogens is 322 g/mol. The van der Waals surface area contributed by atoms with Crippen LogP contribution in [0.25, 0.3) is 21.1 Å². The predicted octanol–water partition coefficient (Wildman–Crippen LogP) is 3.44. The Morgan fingerprint density at radius 3 is 2.92 bits per heavy atom. The Labute approximate surface area is 141 Å². The molecule has 0 aliphatic rings. The predicted molar refractivity (Wildman–Crippen MR) is 96.0 cm³/mol. The zero-order valence-corrected chi connectivity index (χ0v) is 14.1. The summed E-state index contributed by atoms with van der Waals surface area (Å²) in [6.07, 6.45) is 3.16. The molecule has 0 aliphatic heterocycles. The molecule has 0 aliphatic carbocycles. The van der Waals surface area contributed by atoms with Gasteiger partial charge in [0.05, 0.1) is 18.3 Å². The van der Waals surface area contributed by atoms with Gasteiger partial charge >= 0.3 is 0 Å². The Morgan fingerprint density at radius 2 is 2.08 bits per heavy atom. The number of carbonyl (C=O) groups is 1. The molecule has 3 heterocycles. The molecule has 0 radical (unpaired) electrons. The molecule has 0 saturated carbocycles.